The number of hydrogen-bond donors (Lipinski definition) is 3. The van der Waals surface area contributed by atoms with Gasteiger partial charge in [-0.05, 0) is 80.6 Å². The Bertz CT molecular complexity index is 1050. The minimum atomic E-state index is -0.506. The molecule has 3 N–H and O–H groups in total. The minimum Gasteiger partial charge on any atom is -0.452 e. The molecular formula is C28H39N3O4S2. The average molecular weight is 546 g/mol. The number of benzene rings is 2. The zero-order valence-corrected chi connectivity index (χ0v) is 24.0. The molecule has 1 heterocycles. The average Bonchev–Trinajstić information content (AvgIpc) is 3.33. The van der Waals surface area contributed by atoms with Gasteiger partial charge in [-0.2, -0.15) is 11.8 Å². The lowest BCUT2D eigenvalue weighted by Gasteiger charge is -2.28. The Morgan fingerprint density at radius 1 is 1.22 bits per heavy atom. The van der Waals surface area contributed by atoms with Gasteiger partial charge in [0.15, 0.2) is 0 Å². The molecule has 1 saturated heterocycles. The zero-order chi connectivity index (χ0) is 27.0. The number of carbonyl (C=O) groups is 2. The third-order valence-corrected chi connectivity index (χ3v) is 7.77. The number of carbonyl (C=O) groups excluding carboxylic acids is 2. The molecule has 1 aliphatic rings. The van der Waals surface area contributed by atoms with Crippen LogP contribution in [0.15, 0.2) is 48.5 Å². The van der Waals surface area contributed by atoms with Crippen LogP contribution in [-0.4, -0.2) is 71.6 Å². The lowest BCUT2D eigenvalue weighted by Crippen LogP contribution is -2.40. The number of rotatable bonds is 10. The molecule has 3 rings (SSSR count). The van der Waals surface area contributed by atoms with Crippen molar-refractivity contribution in [2.75, 3.05) is 37.1 Å². The SMILES string of the molecule is CSCC[C@@H](CO)NC(=O)c1cc(N(C)[C@H]2C[C@H](SC(=O)OC(C)(C)C)CN2)ccc1-c1ccccc1. The molecule has 2 aromatic carbocycles. The van der Waals surface area contributed by atoms with E-state index >= 15 is 0 Å². The molecular weight excluding hydrogens is 506 g/mol. The summed E-state index contributed by atoms with van der Waals surface area (Å²) in [5, 5.41) is 16.2. The molecule has 0 radical (unpaired) electrons. The van der Waals surface area contributed by atoms with Gasteiger partial charge >= 0.3 is 5.30 Å². The van der Waals surface area contributed by atoms with Gasteiger partial charge in [0.25, 0.3) is 5.91 Å². The summed E-state index contributed by atoms with van der Waals surface area (Å²) in [5.41, 5.74) is 2.76. The van der Waals surface area contributed by atoms with E-state index in [0.29, 0.717) is 18.5 Å². The zero-order valence-electron chi connectivity index (χ0n) is 22.3. The molecule has 0 unspecified atom stereocenters. The van der Waals surface area contributed by atoms with Crippen molar-refractivity contribution in [3.63, 3.8) is 0 Å². The van der Waals surface area contributed by atoms with Gasteiger partial charge in [-0.25, -0.2) is 4.79 Å². The number of nitrogens with one attached hydrogen (secondary N) is 2. The maximum absolute atomic E-state index is 13.4. The van der Waals surface area contributed by atoms with E-state index in [1.807, 2.05) is 82.6 Å². The maximum atomic E-state index is 13.4. The monoisotopic (exact) mass is 545 g/mol. The summed E-state index contributed by atoms with van der Waals surface area (Å²) in [7, 11) is 1.99. The van der Waals surface area contributed by atoms with Crippen LogP contribution in [0.2, 0.25) is 0 Å². The minimum absolute atomic E-state index is 0.0187. The van der Waals surface area contributed by atoms with E-state index in [9.17, 15) is 14.7 Å². The molecule has 0 aromatic heterocycles. The first kappa shape index (κ1) is 29.4. The second kappa shape index (κ2) is 13.6. The number of thioether (sulfide) groups is 2. The fourth-order valence-corrected chi connectivity index (χ4v) is 5.75. The number of ether oxygens (including phenoxy) is 1. The first-order chi connectivity index (χ1) is 17.6. The van der Waals surface area contributed by atoms with Crippen LogP contribution < -0.4 is 15.5 Å². The molecule has 1 fully saturated rings. The highest BCUT2D eigenvalue weighted by atomic mass is 32.2. The Balaban J connectivity index is 1.79. The molecule has 0 bridgehead atoms. The Hall–Kier alpha value is -2.20. The highest BCUT2D eigenvalue weighted by Gasteiger charge is 2.31. The van der Waals surface area contributed by atoms with Crippen LogP contribution in [0.3, 0.4) is 0 Å². The first-order valence-electron chi connectivity index (χ1n) is 12.6. The van der Waals surface area contributed by atoms with E-state index in [1.54, 1.807) is 11.8 Å². The van der Waals surface area contributed by atoms with Gasteiger partial charge in [-0.1, -0.05) is 36.4 Å². The third kappa shape index (κ3) is 8.67. The van der Waals surface area contributed by atoms with Crippen molar-refractivity contribution >= 4 is 40.4 Å². The third-order valence-electron chi connectivity index (χ3n) is 6.15. The molecule has 7 nitrogen and oxygen atoms in total. The highest BCUT2D eigenvalue weighted by Crippen LogP contribution is 2.31. The molecule has 3 atom stereocenters. The van der Waals surface area contributed by atoms with Gasteiger partial charge in [0.05, 0.1) is 18.8 Å². The van der Waals surface area contributed by atoms with Gasteiger partial charge in [-0.15, -0.1) is 0 Å². The summed E-state index contributed by atoms with van der Waals surface area (Å²) in [6.45, 7) is 6.20. The molecule has 9 heteroatoms. The van der Waals surface area contributed by atoms with Crippen molar-refractivity contribution in [1.82, 2.24) is 10.6 Å². The molecule has 37 heavy (non-hydrogen) atoms. The van der Waals surface area contributed by atoms with Gasteiger partial charge in [0.1, 0.15) is 5.60 Å². The van der Waals surface area contributed by atoms with E-state index in [2.05, 4.69) is 15.5 Å². The summed E-state index contributed by atoms with van der Waals surface area (Å²) in [6.07, 6.45) is 3.50. The first-order valence-corrected chi connectivity index (χ1v) is 14.8. The van der Waals surface area contributed by atoms with Crippen LogP contribution in [0.25, 0.3) is 11.1 Å². The number of hydrogen-bond acceptors (Lipinski definition) is 8. The smallest absolute Gasteiger partial charge is 0.368 e. The summed E-state index contributed by atoms with van der Waals surface area (Å²) in [4.78, 5) is 27.8. The fourth-order valence-electron chi connectivity index (χ4n) is 4.20. The lowest BCUT2D eigenvalue weighted by atomic mass is 9.97. The topological polar surface area (TPSA) is 90.9 Å². The van der Waals surface area contributed by atoms with Crippen molar-refractivity contribution in [2.45, 2.75) is 56.7 Å². The summed E-state index contributed by atoms with van der Waals surface area (Å²) < 4.78 is 5.46. The van der Waals surface area contributed by atoms with Gasteiger partial charge < -0.3 is 20.1 Å². The van der Waals surface area contributed by atoms with E-state index in [4.69, 9.17) is 4.74 Å². The Kier molecular flexibility index (Phi) is 10.8. The van der Waals surface area contributed by atoms with Gasteiger partial charge in [0, 0.05) is 30.1 Å². The number of anilines is 1. The summed E-state index contributed by atoms with van der Waals surface area (Å²) in [6, 6.07) is 15.5. The standard InChI is InChI=1S/C28H39N3O4S2/c1-28(2,3)35-27(34)37-22-16-25(29-17-22)31(4)21-11-12-23(19-9-7-6-8-10-19)24(15-21)26(33)30-20(18-32)13-14-36-5/h6-12,15,20,22,25,29,32H,13-14,16-18H2,1-5H3,(H,30,33)/t20-,22-,25-/m0/s1. The molecule has 1 amide bonds. The molecule has 202 valence electrons. The van der Waals surface area contributed by atoms with Crippen LogP contribution in [0, 0.1) is 0 Å². The molecule has 1 aliphatic heterocycles. The van der Waals surface area contributed by atoms with Crippen molar-refractivity contribution in [3.05, 3.63) is 54.1 Å². The fraction of sp³-hybridized carbons (Fsp3) is 0.500. The van der Waals surface area contributed by atoms with Crippen molar-refractivity contribution in [1.29, 1.82) is 0 Å². The van der Waals surface area contributed by atoms with Gasteiger partial charge in [0.2, 0.25) is 0 Å². The quantitative estimate of drug-likeness (QED) is 0.360. The predicted molar refractivity (Wildman–Crippen MR) is 156 cm³/mol. The van der Waals surface area contributed by atoms with Gasteiger partial charge in [-0.3, -0.25) is 10.1 Å². The second-order valence-electron chi connectivity index (χ2n) is 10.2. The van der Waals surface area contributed by atoms with E-state index in [0.717, 1.165) is 29.0 Å². The predicted octanol–water partition coefficient (Wildman–Crippen LogP) is 4.99. The van der Waals surface area contributed by atoms with Crippen molar-refractivity contribution < 1.29 is 19.4 Å². The van der Waals surface area contributed by atoms with Crippen molar-refractivity contribution in [2.24, 2.45) is 0 Å². The molecule has 2 aromatic rings. The van der Waals surface area contributed by atoms with Crippen molar-refractivity contribution in [3.8, 4) is 11.1 Å². The number of nitrogens with zero attached hydrogens (tertiary/aromatic N) is 1. The van der Waals surface area contributed by atoms with E-state index in [1.165, 1.54) is 11.8 Å². The second-order valence-corrected chi connectivity index (χ2v) is 12.4. The number of aliphatic hydroxyl groups excluding tert-OH is 1. The van der Waals surface area contributed by atoms with E-state index in [-0.39, 0.29) is 35.3 Å². The largest absolute Gasteiger partial charge is 0.452 e. The maximum Gasteiger partial charge on any atom is 0.368 e. The van der Waals surface area contributed by atoms with Crippen LogP contribution in [0.1, 0.15) is 44.0 Å². The molecule has 0 spiro atoms. The Labute approximate surface area is 229 Å². The number of amides is 1. The summed E-state index contributed by atoms with van der Waals surface area (Å²) in [5.74, 6) is 0.655. The highest BCUT2D eigenvalue weighted by molar-refractivity contribution is 8.13. The van der Waals surface area contributed by atoms with Crippen LogP contribution in [0.5, 0.6) is 0 Å². The molecule has 0 saturated carbocycles. The normalized spacial score (nSPS) is 18.3. The molecule has 0 aliphatic carbocycles. The van der Waals surface area contributed by atoms with Crippen LogP contribution >= 0.6 is 23.5 Å². The Morgan fingerprint density at radius 3 is 2.59 bits per heavy atom. The van der Waals surface area contributed by atoms with E-state index < -0.39 is 5.60 Å². The lowest BCUT2D eigenvalue weighted by molar-refractivity contribution is 0.0736. The Morgan fingerprint density at radius 2 is 1.95 bits per heavy atom. The van der Waals surface area contributed by atoms with Crippen LogP contribution in [-0.2, 0) is 4.74 Å². The number of aliphatic hydroxyl groups is 1. The summed E-state index contributed by atoms with van der Waals surface area (Å²) >= 11 is 2.92. The van der Waals surface area contributed by atoms with Crippen LogP contribution in [0.4, 0.5) is 10.5 Å².